The van der Waals surface area contributed by atoms with Gasteiger partial charge in [-0.2, -0.15) is 0 Å². The Balaban J connectivity index is 1.79. The molecule has 1 aliphatic heterocycles. The zero-order valence-electron chi connectivity index (χ0n) is 12.9. The van der Waals surface area contributed by atoms with E-state index in [0.717, 1.165) is 36.4 Å². The highest BCUT2D eigenvalue weighted by Crippen LogP contribution is 2.28. The minimum atomic E-state index is 0.0794. The van der Waals surface area contributed by atoms with Crippen molar-refractivity contribution >= 4 is 21.8 Å². The predicted molar refractivity (Wildman–Crippen MR) is 90.2 cm³/mol. The van der Waals surface area contributed by atoms with E-state index in [0.29, 0.717) is 6.04 Å². The highest BCUT2D eigenvalue weighted by molar-refractivity contribution is 9.10. The van der Waals surface area contributed by atoms with Gasteiger partial charge in [0.15, 0.2) is 0 Å². The zero-order chi connectivity index (χ0) is 15.2. The van der Waals surface area contributed by atoms with Gasteiger partial charge in [-0.1, -0.05) is 28.1 Å². The van der Waals surface area contributed by atoms with Crippen LogP contribution in [0, 0.1) is 5.92 Å². The number of carbonyl (C=O) groups excluding carboxylic acids is 1. The van der Waals surface area contributed by atoms with Crippen molar-refractivity contribution in [2.24, 2.45) is 5.92 Å². The first-order valence-corrected chi connectivity index (χ1v) is 8.59. The van der Waals surface area contributed by atoms with Gasteiger partial charge in [-0.3, -0.25) is 9.69 Å². The van der Waals surface area contributed by atoms with Crippen LogP contribution in [0.1, 0.15) is 44.7 Å². The molecule has 2 rings (SSSR count). The monoisotopic (exact) mass is 352 g/mol. The number of rotatable bonds is 5. The van der Waals surface area contributed by atoms with E-state index in [1.54, 1.807) is 6.92 Å². The predicted octanol–water partition coefficient (Wildman–Crippen LogP) is 3.75. The second kappa shape index (κ2) is 7.95. The molecule has 21 heavy (non-hydrogen) atoms. The Morgan fingerprint density at radius 3 is 2.76 bits per heavy atom. The van der Waals surface area contributed by atoms with Crippen molar-refractivity contribution in [3.8, 4) is 0 Å². The number of piperidine rings is 1. The number of amides is 1. The SMILES string of the molecule is CC(=O)NCCC1CCN(C(C)c2cccc(Br)c2)CC1. The summed E-state index contributed by atoms with van der Waals surface area (Å²) in [4.78, 5) is 13.5. The quantitative estimate of drug-likeness (QED) is 0.875. The molecule has 3 nitrogen and oxygen atoms in total. The van der Waals surface area contributed by atoms with Crippen molar-refractivity contribution in [1.29, 1.82) is 0 Å². The number of hydrogen-bond acceptors (Lipinski definition) is 2. The second-order valence-electron chi connectivity index (χ2n) is 5.98. The molecule has 1 aliphatic rings. The van der Waals surface area contributed by atoms with E-state index in [1.165, 1.54) is 18.4 Å². The summed E-state index contributed by atoms with van der Waals surface area (Å²) in [5.41, 5.74) is 1.38. The third kappa shape index (κ3) is 5.11. The first-order chi connectivity index (χ1) is 10.1. The molecule has 1 saturated heterocycles. The number of likely N-dealkylation sites (tertiary alicyclic amines) is 1. The van der Waals surface area contributed by atoms with Gasteiger partial charge >= 0.3 is 0 Å². The average Bonchev–Trinajstić information content (AvgIpc) is 2.47. The Labute approximate surface area is 136 Å². The van der Waals surface area contributed by atoms with E-state index in [-0.39, 0.29) is 5.91 Å². The summed E-state index contributed by atoms with van der Waals surface area (Å²) in [5, 5.41) is 2.90. The minimum absolute atomic E-state index is 0.0794. The summed E-state index contributed by atoms with van der Waals surface area (Å²) in [6.07, 6.45) is 3.58. The summed E-state index contributed by atoms with van der Waals surface area (Å²) in [6.45, 7) is 7.00. The normalized spacial score (nSPS) is 18.4. The second-order valence-corrected chi connectivity index (χ2v) is 6.90. The number of carbonyl (C=O) groups is 1. The van der Waals surface area contributed by atoms with E-state index in [2.05, 4.69) is 57.3 Å². The lowest BCUT2D eigenvalue weighted by molar-refractivity contribution is -0.119. The number of benzene rings is 1. The molecule has 1 fully saturated rings. The lowest BCUT2D eigenvalue weighted by Crippen LogP contribution is -2.36. The Kier molecular flexibility index (Phi) is 6.24. The first kappa shape index (κ1) is 16.5. The average molecular weight is 353 g/mol. The molecular formula is C17H25BrN2O. The standard InChI is InChI=1S/C17H25BrN2O/c1-13(16-4-3-5-17(18)12-16)20-10-7-15(8-11-20)6-9-19-14(2)21/h3-5,12-13,15H,6-11H2,1-2H3,(H,19,21). The van der Waals surface area contributed by atoms with Crippen molar-refractivity contribution in [3.63, 3.8) is 0 Å². The Bertz CT molecular complexity index is 470. The van der Waals surface area contributed by atoms with Gasteiger partial charge in [0.1, 0.15) is 0 Å². The largest absolute Gasteiger partial charge is 0.356 e. The van der Waals surface area contributed by atoms with E-state index >= 15 is 0 Å². The zero-order valence-corrected chi connectivity index (χ0v) is 14.5. The molecule has 0 spiro atoms. The van der Waals surface area contributed by atoms with Crippen molar-refractivity contribution in [1.82, 2.24) is 10.2 Å². The Morgan fingerprint density at radius 1 is 1.43 bits per heavy atom. The van der Waals surface area contributed by atoms with Gasteiger partial charge < -0.3 is 5.32 Å². The van der Waals surface area contributed by atoms with E-state index in [1.807, 2.05) is 0 Å². The van der Waals surface area contributed by atoms with Gasteiger partial charge in [0.25, 0.3) is 0 Å². The van der Waals surface area contributed by atoms with Crippen LogP contribution in [0.3, 0.4) is 0 Å². The molecule has 0 aromatic heterocycles. The van der Waals surface area contributed by atoms with Crippen LogP contribution in [0.4, 0.5) is 0 Å². The van der Waals surface area contributed by atoms with E-state index in [4.69, 9.17) is 0 Å². The third-order valence-corrected chi connectivity index (χ3v) is 4.95. The molecule has 1 heterocycles. The molecule has 4 heteroatoms. The van der Waals surface area contributed by atoms with Crippen LogP contribution < -0.4 is 5.32 Å². The van der Waals surface area contributed by atoms with Crippen LogP contribution in [0.25, 0.3) is 0 Å². The van der Waals surface area contributed by atoms with Crippen LogP contribution in [-0.2, 0) is 4.79 Å². The lowest BCUT2D eigenvalue weighted by atomic mass is 9.92. The summed E-state index contributed by atoms with van der Waals surface area (Å²) in [5.74, 6) is 0.832. The van der Waals surface area contributed by atoms with Crippen molar-refractivity contribution in [2.75, 3.05) is 19.6 Å². The summed E-state index contributed by atoms with van der Waals surface area (Å²) >= 11 is 3.55. The molecular weight excluding hydrogens is 328 g/mol. The number of hydrogen-bond donors (Lipinski definition) is 1. The molecule has 1 unspecified atom stereocenters. The maximum Gasteiger partial charge on any atom is 0.216 e. The van der Waals surface area contributed by atoms with Crippen LogP contribution in [0.5, 0.6) is 0 Å². The van der Waals surface area contributed by atoms with Gasteiger partial charge in [0.05, 0.1) is 0 Å². The van der Waals surface area contributed by atoms with E-state index < -0.39 is 0 Å². The molecule has 1 aromatic rings. The molecule has 0 saturated carbocycles. The van der Waals surface area contributed by atoms with Crippen molar-refractivity contribution in [2.45, 2.75) is 39.2 Å². The molecule has 116 valence electrons. The van der Waals surface area contributed by atoms with Crippen LogP contribution in [-0.4, -0.2) is 30.4 Å². The Morgan fingerprint density at radius 2 is 2.14 bits per heavy atom. The lowest BCUT2D eigenvalue weighted by Gasteiger charge is -2.36. The molecule has 0 bridgehead atoms. The van der Waals surface area contributed by atoms with Gasteiger partial charge in [-0.25, -0.2) is 0 Å². The number of halogens is 1. The van der Waals surface area contributed by atoms with Crippen molar-refractivity contribution in [3.05, 3.63) is 34.3 Å². The molecule has 1 aromatic carbocycles. The highest BCUT2D eigenvalue weighted by Gasteiger charge is 2.23. The van der Waals surface area contributed by atoms with Gasteiger partial charge in [-0.05, 0) is 62.9 Å². The fourth-order valence-corrected chi connectivity index (χ4v) is 3.48. The fourth-order valence-electron chi connectivity index (χ4n) is 3.06. The minimum Gasteiger partial charge on any atom is -0.356 e. The molecule has 1 N–H and O–H groups in total. The highest BCUT2D eigenvalue weighted by atomic mass is 79.9. The summed E-state index contributed by atoms with van der Waals surface area (Å²) in [6, 6.07) is 9.07. The smallest absolute Gasteiger partial charge is 0.216 e. The maximum atomic E-state index is 10.9. The van der Waals surface area contributed by atoms with Gasteiger partial charge in [-0.15, -0.1) is 0 Å². The third-order valence-electron chi connectivity index (χ3n) is 4.45. The molecule has 0 aliphatic carbocycles. The number of nitrogens with one attached hydrogen (secondary N) is 1. The first-order valence-electron chi connectivity index (χ1n) is 7.80. The maximum absolute atomic E-state index is 10.9. The van der Waals surface area contributed by atoms with Crippen LogP contribution in [0.2, 0.25) is 0 Å². The molecule has 1 atom stereocenters. The number of nitrogens with zero attached hydrogens (tertiary/aromatic N) is 1. The van der Waals surface area contributed by atoms with Gasteiger partial charge in [0.2, 0.25) is 5.91 Å². The van der Waals surface area contributed by atoms with Gasteiger partial charge in [0, 0.05) is 24.0 Å². The van der Waals surface area contributed by atoms with Crippen LogP contribution in [0.15, 0.2) is 28.7 Å². The van der Waals surface area contributed by atoms with Crippen molar-refractivity contribution < 1.29 is 4.79 Å². The molecule has 1 amide bonds. The topological polar surface area (TPSA) is 32.3 Å². The fraction of sp³-hybridized carbons (Fsp3) is 0.588. The summed E-state index contributed by atoms with van der Waals surface area (Å²) < 4.78 is 1.15. The van der Waals surface area contributed by atoms with E-state index in [9.17, 15) is 4.79 Å². The Hall–Kier alpha value is -0.870. The molecule has 0 radical (unpaired) electrons. The summed E-state index contributed by atoms with van der Waals surface area (Å²) in [7, 11) is 0. The van der Waals surface area contributed by atoms with Crippen LogP contribution >= 0.6 is 15.9 Å².